The summed E-state index contributed by atoms with van der Waals surface area (Å²) < 4.78 is 20.0. The fourth-order valence-corrected chi connectivity index (χ4v) is 4.56. The molecular formula is C19H33N4O5P. The van der Waals surface area contributed by atoms with E-state index in [0.29, 0.717) is 32.5 Å². The molecule has 10 heteroatoms. The minimum absolute atomic E-state index is 0.179. The van der Waals surface area contributed by atoms with E-state index in [2.05, 4.69) is 43.8 Å². The Morgan fingerprint density at radius 1 is 1.31 bits per heavy atom. The number of nitriles is 1. The van der Waals surface area contributed by atoms with Gasteiger partial charge in [-0.25, -0.2) is 4.67 Å². The molecule has 0 aromatic heterocycles. The zero-order chi connectivity index (χ0) is 21.8. The first-order valence-electron chi connectivity index (χ1n) is 9.83. The third kappa shape index (κ3) is 8.77. The molecule has 0 bridgehead atoms. The first kappa shape index (κ1) is 25.5. The topological polar surface area (TPSA) is 104 Å². The summed E-state index contributed by atoms with van der Waals surface area (Å²) in [6.07, 6.45) is 4.42. The molecule has 1 rings (SSSR count). The van der Waals surface area contributed by atoms with Crippen LogP contribution in [0.5, 0.6) is 0 Å². The van der Waals surface area contributed by atoms with Crippen LogP contribution in [-0.2, 0) is 23.4 Å². The molecule has 1 aliphatic heterocycles. The maximum atomic E-state index is 11.3. The van der Waals surface area contributed by atoms with Gasteiger partial charge in [0, 0.05) is 31.4 Å². The molecule has 0 aromatic carbocycles. The fraction of sp³-hybridized carbons (Fsp3) is 0.737. The molecule has 1 aliphatic rings. The lowest BCUT2D eigenvalue weighted by Gasteiger charge is -2.36. The smallest absolute Gasteiger partial charge is 0.259 e. The third-order valence-corrected chi connectivity index (χ3v) is 6.29. The van der Waals surface area contributed by atoms with Crippen molar-refractivity contribution >= 4 is 20.8 Å². The minimum atomic E-state index is -1.33. The Morgan fingerprint density at radius 2 is 2.00 bits per heavy atom. The molecular weight excluding hydrogens is 395 g/mol. The average Bonchev–Trinajstić information content (AvgIpc) is 3.14. The number of nitrogens with zero attached hydrogens (tertiary/aromatic N) is 3. The van der Waals surface area contributed by atoms with E-state index in [1.165, 1.54) is 24.2 Å². The highest BCUT2D eigenvalue weighted by Gasteiger charge is 2.32. The van der Waals surface area contributed by atoms with Crippen LogP contribution in [0.4, 0.5) is 0 Å². The Kier molecular flexibility index (Phi) is 12.0. The van der Waals surface area contributed by atoms with Crippen LogP contribution in [0.1, 0.15) is 47.0 Å². The summed E-state index contributed by atoms with van der Waals surface area (Å²) in [5.74, 6) is -0.294. The molecule has 0 spiro atoms. The number of ether oxygens (including phenoxy) is 1. The number of carbonyl (C=O) groups excluding carboxylic acids is 2. The van der Waals surface area contributed by atoms with Gasteiger partial charge in [-0.3, -0.25) is 14.5 Å². The van der Waals surface area contributed by atoms with Gasteiger partial charge in [-0.05, 0) is 40.5 Å². The molecule has 0 radical (unpaired) electrons. The number of rotatable bonds is 13. The number of hydrogen-bond donors (Lipinski definition) is 1. The summed E-state index contributed by atoms with van der Waals surface area (Å²) in [6.45, 7) is 8.96. The van der Waals surface area contributed by atoms with Gasteiger partial charge in [0.05, 0.1) is 31.8 Å². The SMILES string of the molecule is CNC(=O)/C=C\N(C=O)C1CCC(COP(OCCC#N)N(C(C)C)C(C)C)O1. The molecule has 164 valence electrons. The lowest BCUT2D eigenvalue weighted by atomic mass is 10.2. The highest BCUT2D eigenvalue weighted by molar-refractivity contribution is 7.44. The van der Waals surface area contributed by atoms with Crippen LogP contribution in [0.25, 0.3) is 0 Å². The number of carbonyl (C=O) groups is 2. The quantitative estimate of drug-likeness (QED) is 0.208. The second-order valence-electron chi connectivity index (χ2n) is 7.12. The number of amides is 2. The van der Waals surface area contributed by atoms with Crippen molar-refractivity contribution in [1.82, 2.24) is 14.9 Å². The molecule has 3 atom stereocenters. The maximum Gasteiger partial charge on any atom is 0.259 e. The van der Waals surface area contributed by atoms with Gasteiger partial charge in [0.2, 0.25) is 12.3 Å². The molecule has 1 fully saturated rings. The predicted molar refractivity (Wildman–Crippen MR) is 110 cm³/mol. The molecule has 1 saturated heterocycles. The lowest BCUT2D eigenvalue weighted by Crippen LogP contribution is -2.34. The fourth-order valence-electron chi connectivity index (χ4n) is 2.93. The standard InChI is InChI=1S/C19H33N4O5P/c1-15(2)23(16(3)4)29(26-12-6-10-20)27-13-17-7-8-19(28-17)22(14-24)11-9-18(25)21-5/h9,11,14-17,19H,6-8,12-13H2,1-5H3,(H,21,25)/b11-9-. The van der Waals surface area contributed by atoms with Crippen molar-refractivity contribution in [3.63, 3.8) is 0 Å². The molecule has 2 amide bonds. The van der Waals surface area contributed by atoms with Crippen LogP contribution in [0.3, 0.4) is 0 Å². The summed E-state index contributed by atoms with van der Waals surface area (Å²) in [5, 5.41) is 11.2. The summed E-state index contributed by atoms with van der Waals surface area (Å²) in [4.78, 5) is 24.0. The van der Waals surface area contributed by atoms with Crippen LogP contribution < -0.4 is 5.32 Å². The first-order valence-corrected chi connectivity index (χ1v) is 11.0. The molecule has 0 saturated carbocycles. The maximum absolute atomic E-state index is 11.3. The van der Waals surface area contributed by atoms with Crippen LogP contribution in [0, 0.1) is 11.3 Å². The highest BCUT2D eigenvalue weighted by Crippen LogP contribution is 2.46. The van der Waals surface area contributed by atoms with Gasteiger partial charge in [-0.1, -0.05) is 0 Å². The molecule has 3 unspecified atom stereocenters. The Labute approximate surface area is 174 Å². The van der Waals surface area contributed by atoms with E-state index < -0.39 is 14.8 Å². The Balaban J connectivity index is 2.65. The number of nitrogens with one attached hydrogen (secondary N) is 1. The Morgan fingerprint density at radius 3 is 2.55 bits per heavy atom. The van der Waals surface area contributed by atoms with E-state index >= 15 is 0 Å². The molecule has 29 heavy (non-hydrogen) atoms. The van der Waals surface area contributed by atoms with E-state index in [1.54, 1.807) is 0 Å². The minimum Gasteiger partial charge on any atom is -0.356 e. The van der Waals surface area contributed by atoms with Crippen molar-refractivity contribution in [3.05, 3.63) is 12.3 Å². The summed E-state index contributed by atoms with van der Waals surface area (Å²) in [7, 11) is 0.190. The van der Waals surface area contributed by atoms with Crippen molar-refractivity contribution in [2.24, 2.45) is 0 Å². The van der Waals surface area contributed by atoms with Crippen LogP contribution in [0.15, 0.2) is 12.3 Å². The summed E-state index contributed by atoms with van der Waals surface area (Å²) >= 11 is 0. The van der Waals surface area contributed by atoms with Crippen LogP contribution in [-0.4, -0.2) is 66.6 Å². The number of hydrogen-bond acceptors (Lipinski definition) is 7. The highest BCUT2D eigenvalue weighted by atomic mass is 31.2. The molecule has 1 N–H and O–H groups in total. The second kappa shape index (κ2) is 13.6. The second-order valence-corrected chi connectivity index (χ2v) is 8.57. The van der Waals surface area contributed by atoms with Gasteiger partial charge in [0.15, 0.2) is 0 Å². The molecule has 0 aromatic rings. The summed E-state index contributed by atoms with van der Waals surface area (Å²) in [5.41, 5.74) is 0. The van der Waals surface area contributed by atoms with Crippen molar-refractivity contribution in [3.8, 4) is 6.07 Å². The van der Waals surface area contributed by atoms with Crippen molar-refractivity contribution < 1.29 is 23.4 Å². The van der Waals surface area contributed by atoms with E-state index in [9.17, 15) is 9.59 Å². The van der Waals surface area contributed by atoms with Gasteiger partial charge < -0.3 is 19.1 Å². The zero-order valence-corrected chi connectivity index (χ0v) is 18.8. The van der Waals surface area contributed by atoms with Gasteiger partial charge >= 0.3 is 0 Å². The zero-order valence-electron chi connectivity index (χ0n) is 17.9. The van der Waals surface area contributed by atoms with Gasteiger partial charge in [0.25, 0.3) is 8.53 Å². The first-order chi connectivity index (χ1) is 13.8. The van der Waals surface area contributed by atoms with E-state index in [1.807, 2.05) is 0 Å². The third-order valence-electron chi connectivity index (χ3n) is 4.22. The molecule has 1 heterocycles. The predicted octanol–water partition coefficient (Wildman–Crippen LogP) is 2.50. The van der Waals surface area contributed by atoms with E-state index in [0.717, 1.165) is 6.42 Å². The van der Waals surface area contributed by atoms with Crippen LogP contribution >= 0.6 is 8.53 Å². The van der Waals surface area contributed by atoms with Crippen LogP contribution in [0.2, 0.25) is 0 Å². The normalized spacial score (nSPS) is 20.4. The van der Waals surface area contributed by atoms with Gasteiger partial charge in [-0.2, -0.15) is 5.26 Å². The molecule has 0 aliphatic carbocycles. The summed E-state index contributed by atoms with van der Waals surface area (Å²) in [6, 6.07) is 2.53. The van der Waals surface area contributed by atoms with Crippen molar-refractivity contribution in [2.45, 2.75) is 71.4 Å². The average molecular weight is 428 g/mol. The van der Waals surface area contributed by atoms with Crippen molar-refractivity contribution in [2.75, 3.05) is 20.3 Å². The number of likely N-dealkylation sites (N-methyl/N-ethyl adjacent to an activating group) is 1. The van der Waals surface area contributed by atoms with Crippen molar-refractivity contribution in [1.29, 1.82) is 5.26 Å². The molecule has 9 nitrogen and oxygen atoms in total. The largest absolute Gasteiger partial charge is 0.356 e. The van der Waals surface area contributed by atoms with Gasteiger partial charge in [0.1, 0.15) is 6.23 Å². The lowest BCUT2D eigenvalue weighted by molar-refractivity contribution is -0.127. The monoisotopic (exact) mass is 428 g/mol. The van der Waals surface area contributed by atoms with Gasteiger partial charge in [-0.15, -0.1) is 0 Å². The van der Waals surface area contributed by atoms with E-state index in [-0.39, 0.29) is 24.1 Å². The Bertz CT molecular complexity index is 573. The Hall–Kier alpha value is -1.56. The van der Waals surface area contributed by atoms with E-state index in [4.69, 9.17) is 19.0 Å².